The van der Waals surface area contributed by atoms with Crippen LogP contribution in [0.5, 0.6) is 5.75 Å². The van der Waals surface area contributed by atoms with Crippen molar-refractivity contribution in [2.24, 2.45) is 5.73 Å². The zero-order chi connectivity index (χ0) is 23.8. The SMILES string of the molecule is NC(=O)c1ccc(OCC(=O)NCCCN2CCN(c3cccc(C(F)(F)F)c3)CC2)cc1. The smallest absolute Gasteiger partial charge is 0.416 e. The van der Waals surface area contributed by atoms with Crippen molar-refractivity contribution >= 4 is 17.5 Å². The molecule has 2 aromatic rings. The van der Waals surface area contributed by atoms with Crippen molar-refractivity contribution in [1.29, 1.82) is 0 Å². The number of hydrogen-bond donors (Lipinski definition) is 2. The lowest BCUT2D eigenvalue weighted by Crippen LogP contribution is -2.47. The summed E-state index contributed by atoms with van der Waals surface area (Å²) in [4.78, 5) is 27.2. The summed E-state index contributed by atoms with van der Waals surface area (Å²) in [5.74, 6) is -0.312. The van der Waals surface area contributed by atoms with E-state index in [1.165, 1.54) is 24.3 Å². The van der Waals surface area contributed by atoms with Gasteiger partial charge in [0.15, 0.2) is 6.61 Å². The van der Waals surface area contributed by atoms with Crippen molar-refractivity contribution < 1.29 is 27.5 Å². The summed E-state index contributed by atoms with van der Waals surface area (Å²) in [6, 6.07) is 11.6. The minimum atomic E-state index is -4.34. The number of carbonyl (C=O) groups excluding carboxylic acids is 2. The highest BCUT2D eigenvalue weighted by Crippen LogP contribution is 2.31. The van der Waals surface area contributed by atoms with Gasteiger partial charge in [-0.05, 0) is 55.4 Å². The molecule has 1 aliphatic heterocycles. The van der Waals surface area contributed by atoms with Crippen LogP contribution in [0.15, 0.2) is 48.5 Å². The van der Waals surface area contributed by atoms with E-state index in [9.17, 15) is 22.8 Å². The highest BCUT2D eigenvalue weighted by Gasteiger charge is 2.31. The number of hydrogen-bond acceptors (Lipinski definition) is 5. The quantitative estimate of drug-likeness (QED) is 0.557. The Morgan fingerprint density at radius 1 is 1.03 bits per heavy atom. The van der Waals surface area contributed by atoms with E-state index < -0.39 is 17.6 Å². The standard InChI is InChI=1S/C23H27F3N4O3/c24-23(25,26)18-3-1-4-19(15-18)30-13-11-29(12-14-30)10-2-9-28-21(31)16-33-20-7-5-17(6-8-20)22(27)32/h1,3-8,15H,2,9-14,16H2,(H2,27,32)(H,28,31). The maximum atomic E-state index is 12.9. The number of anilines is 1. The number of nitrogens with two attached hydrogens (primary N) is 1. The van der Waals surface area contributed by atoms with Crippen molar-refractivity contribution in [2.75, 3.05) is 50.8 Å². The number of amides is 2. The zero-order valence-electron chi connectivity index (χ0n) is 18.1. The topological polar surface area (TPSA) is 87.9 Å². The van der Waals surface area contributed by atoms with Crippen LogP contribution >= 0.6 is 0 Å². The predicted molar refractivity (Wildman–Crippen MR) is 118 cm³/mol. The number of nitrogens with zero attached hydrogens (tertiary/aromatic N) is 2. The van der Waals surface area contributed by atoms with Crippen molar-refractivity contribution in [1.82, 2.24) is 10.2 Å². The Kier molecular flexibility index (Phi) is 8.16. The van der Waals surface area contributed by atoms with Crippen LogP contribution in [0.4, 0.5) is 18.9 Å². The fourth-order valence-electron chi connectivity index (χ4n) is 3.55. The summed E-state index contributed by atoms with van der Waals surface area (Å²) in [5, 5.41) is 2.80. The van der Waals surface area contributed by atoms with E-state index in [-0.39, 0.29) is 12.5 Å². The third-order valence-electron chi connectivity index (χ3n) is 5.39. The van der Waals surface area contributed by atoms with Crippen LogP contribution in [0.25, 0.3) is 0 Å². The summed E-state index contributed by atoms with van der Waals surface area (Å²) in [6.45, 7) is 3.93. The van der Waals surface area contributed by atoms with Gasteiger partial charge in [0.1, 0.15) is 5.75 Å². The molecule has 178 valence electrons. The molecule has 1 aliphatic rings. The number of halogens is 3. The van der Waals surface area contributed by atoms with Crippen LogP contribution in [0.1, 0.15) is 22.3 Å². The molecule has 0 saturated carbocycles. The van der Waals surface area contributed by atoms with E-state index in [0.29, 0.717) is 36.6 Å². The molecule has 1 heterocycles. The van der Waals surface area contributed by atoms with Crippen molar-refractivity contribution in [3.63, 3.8) is 0 Å². The number of carbonyl (C=O) groups is 2. The number of primary amides is 1. The first kappa shape index (κ1) is 24.4. The average Bonchev–Trinajstić information content (AvgIpc) is 2.80. The lowest BCUT2D eigenvalue weighted by atomic mass is 10.1. The third-order valence-corrected chi connectivity index (χ3v) is 5.39. The highest BCUT2D eigenvalue weighted by atomic mass is 19.4. The molecule has 2 amide bonds. The fourth-order valence-corrected chi connectivity index (χ4v) is 3.55. The van der Waals surface area contributed by atoms with Crippen LogP contribution in [-0.4, -0.2) is 62.6 Å². The first-order chi connectivity index (χ1) is 15.7. The molecular formula is C23H27F3N4O3. The van der Waals surface area contributed by atoms with Gasteiger partial charge in [-0.15, -0.1) is 0 Å². The lowest BCUT2D eigenvalue weighted by Gasteiger charge is -2.36. The molecule has 3 N–H and O–H groups in total. The van der Waals surface area contributed by atoms with Gasteiger partial charge >= 0.3 is 6.18 Å². The van der Waals surface area contributed by atoms with Crippen LogP contribution in [0.2, 0.25) is 0 Å². The molecular weight excluding hydrogens is 437 g/mol. The summed E-state index contributed by atoms with van der Waals surface area (Å²) < 4.78 is 44.2. The second kappa shape index (κ2) is 11.0. The molecule has 3 rings (SSSR count). The number of alkyl halides is 3. The molecule has 1 fully saturated rings. The van der Waals surface area contributed by atoms with Crippen LogP contribution in [0.3, 0.4) is 0 Å². The van der Waals surface area contributed by atoms with Crippen molar-refractivity contribution in [2.45, 2.75) is 12.6 Å². The summed E-state index contributed by atoms with van der Waals surface area (Å²) in [7, 11) is 0. The molecule has 0 radical (unpaired) electrons. The van der Waals surface area contributed by atoms with Gasteiger partial charge in [-0.3, -0.25) is 14.5 Å². The molecule has 0 bridgehead atoms. The Labute approximate surface area is 190 Å². The molecule has 0 spiro atoms. The van der Waals surface area contributed by atoms with E-state index in [2.05, 4.69) is 10.2 Å². The zero-order valence-corrected chi connectivity index (χ0v) is 18.1. The fraction of sp³-hybridized carbons (Fsp3) is 0.391. The first-order valence-corrected chi connectivity index (χ1v) is 10.7. The van der Waals surface area contributed by atoms with Crippen molar-refractivity contribution in [3.05, 3.63) is 59.7 Å². The Balaban J connectivity index is 1.31. The Morgan fingerprint density at radius 2 is 1.73 bits per heavy atom. The summed E-state index contributed by atoms with van der Waals surface area (Å²) in [5.41, 5.74) is 5.49. The normalized spacial score (nSPS) is 14.7. The van der Waals surface area contributed by atoms with Crippen LogP contribution in [0, 0.1) is 0 Å². The monoisotopic (exact) mass is 464 g/mol. The maximum absolute atomic E-state index is 12.9. The van der Waals surface area contributed by atoms with Gasteiger partial charge in [-0.2, -0.15) is 13.2 Å². The number of piperazine rings is 1. The predicted octanol–water partition coefficient (Wildman–Crippen LogP) is 2.51. The third kappa shape index (κ3) is 7.38. The number of nitrogens with one attached hydrogen (secondary N) is 1. The van der Waals surface area contributed by atoms with Crippen LogP contribution < -0.4 is 20.7 Å². The molecule has 7 nitrogen and oxygen atoms in total. The number of ether oxygens (including phenoxy) is 1. The molecule has 0 aromatic heterocycles. The van der Waals surface area contributed by atoms with E-state index in [4.69, 9.17) is 10.5 Å². The number of benzene rings is 2. The van der Waals surface area contributed by atoms with Crippen LogP contribution in [-0.2, 0) is 11.0 Å². The Morgan fingerprint density at radius 3 is 2.36 bits per heavy atom. The van der Waals surface area contributed by atoms with E-state index >= 15 is 0 Å². The Bertz CT molecular complexity index is 943. The van der Waals surface area contributed by atoms with Gasteiger partial charge in [0.25, 0.3) is 5.91 Å². The lowest BCUT2D eigenvalue weighted by molar-refractivity contribution is -0.137. The summed E-state index contributed by atoms with van der Waals surface area (Å²) >= 11 is 0. The Hall–Kier alpha value is -3.27. The molecule has 0 unspecified atom stereocenters. The van der Waals surface area contributed by atoms with Crippen molar-refractivity contribution in [3.8, 4) is 5.75 Å². The molecule has 2 aromatic carbocycles. The summed E-state index contributed by atoms with van der Waals surface area (Å²) in [6.07, 6.45) is -3.59. The minimum Gasteiger partial charge on any atom is -0.484 e. The first-order valence-electron chi connectivity index (χ1n) is 10.7. The van der Waals surface area contributed by atoms with Gasteiger partial charge in [0.2, 0.25) is 5.91 Å². The molecule has 33 heavy (non-hydrogen) atoms. The largest absolute Gasteiger partial charge is 0.484 e. The van der Waals surface area contributed by atoms with Gasteiger partial charge in [-0.1, -0.05) is 6.07 Å². The van der Waals surface area contributed by atoms with Gasteiger partial charge in [0, 0.05) is 44.0 Å². The molecule has 0 atom stereocenters. The van der Waals surface area contributed by atoms with E-state index in [0.717, 1.165) is 32.1 Å². The second-order valence-electron chi connectivity index (χ2n) is 7.76. The minimum absolute atomic E-state index is 0.133. The molecule has 0 aliphatic carbocycles. The second-order valence-corrected chi connectivity index (χ2v) is 7.76. The molecule has 10 heteroatoms. The highest BCUT2D eigenvalue weighted by molar-refractivity contribution is 5.92. The average molecular weight is 464 g/mol. The van der Waals surface area contributed by atoms with E-state index in [1.54, 1.807) is 18.2 Å². The van der Waals surface area contributed by atoms with Gasteiger partial charge < -0.3 is 20.7 Å². The number of rotatable bonds is 9. The maximum Gasteiger partial charge on any atom is 0.416 e. The molecule has 1 saturated heterocycles. The van der Waals surface area contributed by atoms with Gasteiger partial charge in [0.05, 0.1) is 5.56 Å². The van der Waals surface area contributed by atoms with Gasteiger partial charge in [-0.25, -0.2) is 0 Å². The van der Waals surface area contributed by atoms with E-state index in [1.807, 2.05) is 4.90 Å².